The zero-order chi connectivity index (χ0) is 27.0. The van der Waals surface area contributed by atoms with Gasteiger partial charge in [0.2, 0.25) is 4.34 Å². The third-order valence-corrected chi connectivity index (χ3v) is 9.64. The van der Waals surface area contributed by atoms with E-state index in [0.29, 0.717) is 4.88 Å². The van der Waals surface area contributed by atoms with Gasteiger partial charge in [0.15, 0.2) is 16.1 Å². The summed E-state index contributed by atoms with van der Waals surface area (Å²) in [5, 5.41) is 27.2. The number of aliphatic hydroxyl groups is 2. The first-order valence-electron chi connectivity index (χ1n) is 12.2. The van der Waals surface area contributed by atoms with Gasteiger partial charge in [-0.1, -0.05) is 58.0 Å². The number of rotatable bonds is 8. The average Bonchev–Trinajstić information content (AvgIpc) is 3.27. The Kier molecular flexibility index (Phi) is 8.47. The minimum atomic E-state index is -3.42. The summed E-state index contributed by atoms with van der Waals surface area (Å²) in [5.74, 6) is 0.429. The minimum absolute atomic E-state index is 0.0944. The molecule has 0 aliphatic carbocycles. The molecule has 2 unspecified atom stereocenters. The standard InChI is InChI=1S/C28H39N3O3S2/c1-16(2)22-12-21(20-10-9-18(5)19(6)11-20)13-23(17(3)4)24(22)14-26(32)31-36(29,34)27-30-15-25(35-27)28(7,8)33/h9-13,15-17,26,32-33H,14H2,1-8H3,(H2,29,31,34). The number of hydrogen-bond acceptors (Lipinski definition) is 6. The van der Waals surface area contributed by atoms with Crippen LogP contribution < -0.4 is 5.14 Å². The highest BCUT2D eigenvalue weighted by Crippen LogP contribution is 2.35. The first-order chi connectivity index (χ1) is 16.6. The van der Waals surface area contributed by atoms with Crippen LogP contribution in [0.5, 0.6) is 0 Å². The van der Waals surface area contributed by atoms with Crippen LogP contribution in [0.3, 0.4) is 0 Å². The second-order valence-electron chi connectivity index (χ2n) is 10.6. The summed E-state index contributed by atoms with van der Waals surface area (Å²) >= 11 is 1.05. The lowest BCUT2D eigenvalue weighted by Gasteiger charge is -2.23. The van der Waals surface area contributed by atoms with Crippen molar-refractivity contribution in [2.24, 2.45) is 9.50 Å². The Morgan fingerprint density at radius 2 is 1.61 bits per heavy atom. The molecule has 1 aromatic heterocycles. The van der Waals surface area contributed by atoms with E-state index in [9.17, 15) is 14.4 Å². The molecule has 0 saturated heterocycles. The second kappa shape index (κ2) is 10.7. The molecule has 0 radical (unpaired) electrons. The molecule has 0 bridgehead atoms. The van der Waals surface area contributed by atoms with Gasteiger partial charge < -0.3 is 10.2 Å². The van der Waals surface area contributed by atoms with Gasteiger partial charge in [-0.3, -0.25) is 0 Å². The van der Waals surface area contributed by atoms with Gasteiger partial charge in [-0.25, -0.2) is 14.3 Å². The quantitative estimate of drug-likeness (QED) is 0.324. The molecule has 1 heterocycles. The van der Waals surface area contributed by atoms with E-state index in [1.165, 1.54) is 17.3 Å². The zero-order valence-corrected chi connectivity index (χ0v) is 24.1. The molecule has 0 aliphatic heterocycles. The maximum atomic E-state index is 13.2. The summed E-state index contributed by atoms with van der Waals surface area (Å²) in [7, 11) is -3.42. The van der Waals surface area contributed by atoms with Crippen molar-refractivity contribution in [2.45, 2.75) is 89.8 Å². The number of benzene rings is 2. The van der Waals surface area contributed by atoms with Gasteiger partial charge >= 0.3 is 0 Å². The van der Waals surface area contributed by atoms with E-state index in [1.807, 2.05) is 0 Å². The summed E-state index contributed by atoms with van der Waals surface area (Å²) in [5.41, 5.74) is 6.96. The van der Waals surface area contributed by atoms with Crippen molar-refractivity contribution in [2.75, 3.05) is 0 Å². The van der Waals surface area contributed by atoms with E-state index in [2.05, 4.69) is 81.2 Å². The third kappa shape index (κ3) is 6.42. The van der Waals surface area contributed by atoms with E-state index in [0.717, 1.165) is 39.2 Å². The monoisotopic (exact) mass is 529 g/mol. The number of hydrogen-bond donors (Lipinski definition) is 3. The number of nitrogens with two attached hydrogens (primary N) is 1. The van der Waals surface area contributed by atoms with E-state index >= 15 is 0 Å². The Bertz CT molecular complexity index is 1330. The van der Waals surface area contributed by atoms with Crippen molar-refractivity contribution >= 4 is 21.3 Å². The molecule has 2 aromatic carbocycles. The molecule has 3 rings (SSSR count). The van der Waals surface area contributed by atoms with Crippen LogP contribution in [0, 0.1) is 13.8 Å². The maximum absolute atomic E-state index is 13.2. The van der Waals surface area contributed by atoms with Crippen LogP contribution in [0.2, 0.25) is 0 Å². The fourth-order valence-electron chi connectivity index (χ4n) is 4.19. The molecule has 0 fully saturated rings. The molecule has 3 aromatic rings. The van der Waals surface area contributed by atoms with Gasteiger partial charge in [0, 0.05) is 12.6 Å². The SMILES string of the molecule is Cc1ccc(-c2cc(C(C)C)c(CC(O)N=S(N)(=O)c3ncc(C(C)(C)O)s3)c(C(C)C)c2)cc1C. The van der Waals surface area contributed by atoms with Crippen molar-refractivity contribution < 1.29 is 14.4 Å². The summed E-state index contributed by atoms with van der Waals surface area (Å²) in [6.07, 6.45) is 0.388. The molecule has 36 heavy (non-hydrogen) atoms. The van der Waals surface area contributed by atoms with Crippen molar-refractivity contribution in [3.8, 4) is 11.1 Å². The van der Waals surface area contributed by atoms with Crippen LogP contribution in [0.4, 0.5) is 0 Å². The van der Waals surface area contributed by atoms with Gasteiger partial charge in [0.25, 0.3) is 0 Å². The summed E-state index contributed by atoms with van der Waals surface area (Å²) in [6, 6.07) is 10.9. The molecule has 0 amide bonds. The summed E-state index contributed by atoms with van der Waals surface area (Å²) in [4.78, 5) is 4.65. The largest absolute Gasteiger partial charge is 0.385 e. The lowest BCUT2D eigenvalue weighted by Crippen LogP contribution is -2.20. The lowest BCUT2D eigenvalue weighted by molar-refractivity contribution is 0.0823. The topological polar surface area (TPSA) is 109 Å². The molecule has 0 aliphatic rings. The lowest BCUT2D eigenvalue weighted by atomic mass is 9.83. The Balaban J connectivity index is 2.04. The van der Waals surface area contributed by atoms with Crippen LogP contribution in [0.15, 0.2) is 45.2 Å². The average molecular weight is 530 g/mol. The molecule has 4 N–H and O–H groups in total. The first kappa shape index (κ1) is 28.5. The number of thiazole rings is 1. The molecule has 0 spiro atoms. The highest BCUT2D eigenvalue weighted by molar-refractivity contribution is 7.93. The highest BCUT2D eigenvalue weighted by atomic mass is 32.2. The number of aliphatic hydroxyl groups excluding tert-OH is 1. The molecule has 8 heteroatoms. The van der Waals surface area contributed by atoms with Crippen LogP contribution >= 0.6 is 11.3 Å². The number of aryl methyl sites for hydroxylation is 2. The van der Waals surface area contributed by atoms with E-state index in [4.69, 9.17) is 5.14 Å². The van der Waals surface area contributed by atoms with Gasteiger partial charge in [-0.15, -0.1) is 11.3 Å². The number of nitrogens with zero attached hydrogens (tertiary/aromatic N) is 2. The van der Waals surface area contributed by atoms with Crippen LogP contribution in [0.25, 0.3) is 11.1 Å². The van der Waals surface area contributed by atoms with Gasteiger partial charge in [-0.2, -0.15) is 4.36 Å². The summed E-state index contributed by atoms with van der Waals surface area (Å²) < 4.78 is 17.4. The normalized spacial score (nSPS) is 14.8. The van der Waals surface area contributed by atoms with Gasteiger partial charge in [0.1, 0.15) is 0 Å². The molecule has 0 saturated carbocycles. The smallest absolute Gasteiger partial charge is 0.204 e. The van der Waals surface area contributed by atoms with Crippen LogP contribution in [-0.4, -0.2) is 25.6 Å². The molecular weight excluding hydrogens is 490 g/mol. The molecular formula is C28H39N3O3S2. The zero-order valence-electron chi connectivity index (χ0n) is 22.5. The fraction of sp³-hybridized carbons (Fsp3) is 0.464. The van der Waals surface area contributed by atoms with Gasteiger partial charge in [-0.05, 0) is 78.5 Å². The molecule has 2 atom stereocenters. The predicted molar refractivity (Wildman–Crippen MR) is 150 cm³/mol. The first-order valence-corrected chi connectivity index (χ1v) is 14.6. The van der Waals surface area contributed by atoms with Crippen LogP contribution in [-0.2, 0) is 21.9 Å². The van der Waals surface area contributed by atoms with E-state index in [-0.39, 0.29) is 22.6 Å². The number of aromatic nitrogens is 1. The Morgan fingerprint density at radius 1 is 1.03 bits per heavy atom. The maximum Gasteiger partial charge on any atom is 0.204 e. The van der Waals surface area contributed by atoms with Gasteiger partial charge in [0.05, 0.1) is 10.5 Å². The molecule has 6 nitrogen and oxygen atoms in total. The van der Waals surface area contributed by atoms with E-state index < -0.39 is 21.7 Å². The van der Waals surface area contributed by atoms with Crippen molar-refractivity contribution in [3.05, 3.63) is 69.2 Å². The predicted octanol–water partition coefficient (Wildman–Crippen LogP) is 6.16. The fourth-order valence-corrected chi connectivity index (χ4v) is 6.45. The Morgan fingerprint density at radius 3 is 2.08 bits per heavy atom. The van der Waals surface area contributed by atoms with Crippen molar-refractivity contribution in [1.29, 1.82) is 0 Å². The third-order valence-electron chi connectivity index (χ3n) is 6.41. The minimum Gasteiger partial charge on any atom is -0.385 e. The second-order valence-corrected chi connectivity index (χ2v) is 13.7. The van der Waals surface area contributed by atoms with Crippen LogP contribution in [0.1, 0.15) is 86.1 Å². The highest BCUT2D eigenvalue weighted by Gasteiger charge is 2.24. The van der Waals surface area contributed by atoms with Crippen molar-refractivity contribution in [3.63, 3.8) is 0 Å². The Hall–Kier alpha value is -2.10. The van der Waals surface area contributed by atoms with Crippen molar-refractivity contribution in [1.82, 2.24) is 4.98 Å². The van der Waals surface area contributed by atoms with E-state index in [1.54, 1.807) is 13.8 Å². The Labute approximate surface area is 219 Å². The molecule has 196 valence electrons. The summed E-state index contributed by atoms with van der Waals surface area (Å²) in [6.45, 7) is 16.0.